The third-order valence-corrected chi connectivity index (χ3v) is 3.52. The first-order chi connectivity index (χ1) is 9.10. The van der Waals surface area contributed by atoms with E-state index in [-0.39, 0.29) is 23.9 Å². The highest BCUT2D eigenvalue weighted by atomic mass is 79.9. The van der Waals surface area contributed by atoms with Gasteiger partial charge in [-0.15, -0.1) is 0 Å². The van der Waals surface area contributed by atoms with Gasteiger partial charge in [-0.05, 0) is 45.4 Å². The first kappa shape index (κ1) is 16.7. The minimum Gasteiger partial charge on any atom is -0.350 e. The number of hydrogen-bond donors (Lipinski definition) is 1. The van der Waals surface area contributed by atoms with E-state index in [4.69, 9.17) is 0 Å². The van der Waals surface area contributed by atoms with Crippen molar-refractivity contribution in [2.75, 3.05) is 11.4 Å². The van der Waals surface area contributed by atoms with E-state index in [1.165, 1.54) is 11.8 Å². The van der Waals surface area contributed by atoms with Crippen molar-refractivity contribution < 1.29 is 9.59 Å². The molecule has 2 amide bonds. The number of halogens is 1. The molecule has 4 nitrogen and oxygen atoms in total. The lowest BCUT2D eigenvalue weighted by Gasteiger charge is -2.25. The summed E-state index contributed by atoms with van der Waals surface area (Å²) in [5.74, 6) is -0.339. The molecule has 1 N–H and O–H groups in total. The van der Waals surface area contributed by atoms with Crippen LogP contribution in [0.2, 0.25) is 0 Å². The fraction of sp³-hybridized carbons (Fsp3) is 0.467. The molecule has 0 aliphatic carbocycles. The Labute approximate surface area is 128 Å². The van der Waals surface area contributed by atoms with Crippen molar-refractivity contribution in [3.63, 3.8) is 0 Å². The molecule has 0 bridgehead atoms. The van der Waals surface area contributed by atoms with Gasteiger partial charge in [-0.1, -0.05) is 22.0 Å². The molecule has 1 aromatic carbocycles. The second-order valence-corrected chi connectivity index (χ2v) is 6.69. The molecule has 0 aliphatic heterocycles. The van der Waals surface area contributed by atoms with E-state index in [9.17, 15) is 9.59 Å². The number of amides is 2. The van der Waals surface area contributed by atoms with Gasteiger partial charge in [-0.3, -0.25) is 9.59 Å². The molecule has 0 saturated heterocycles. The Morgan fingerprint density at radius 3 is 2.35 bits per heavy atom. The van der Waals surface area contributed by atoms with Crippen LogP contribution < -0.4 is 10.2 Å². The summed E-state index contributed by atoms with van der Waals surface area (Å²) in [5, 5.41) is 2.86. The maximum atomic E-state index is 12.0. The Morgan fingerprint density at radius 1 is 1.30 bits per heavy atom. The van der Waals surface area contributed by atoms with Gasteiger partial charge < -0.3 is 10.2 Å². The predicted molar refractivity (Wildman–Crippen MR) is 84.8 cm³/mol. The van der Waals surface area contributed by atoms with E-state index in [2.05, 4.69) is 21.2 Å². The number of rotatable bonds is 3. The van der Waals surface area contributed by atoms with Gasteiger partial charge in [0, 0.05) is 22.6 Å². The predicted octanol–water partition coefficient (Wildman–Crippen LogP) is 3.03. The van der Waals surface area contributed by atoms with Crippen molar-refractivity contribution in [3.05, 3.63) is 28.2 Å². The molecule has 20 heavy (non-hydrogen) atoms. The average Bonchev–Trinajstić information content (AvgIpc) is 2.27. The van der Waals surface area contributed by atoms with Crippen LogP contribution in [0.25, 0.3) is 0 Å². The van der Waals surface area contributed by atoms with Gasteiger partial charge in [0.25, 0.3) is 0 Å². The summed E-state index contributed by atoms with van der Waals surface area (Å²) in [7, 11) is 0. The van der Waals surface area contributed by atoms with Crippen molar-refractivity contribution in [2.24, 2.45) is 0 Å². The monoisotopic (exact) mass is 340 g/mol. The zero-order valence-electron chi connectivity index (χ0n) is 12.6. The van der Waals surface area contributed by atoms with Gasteiger partial charge >= 0.3 is 0 Å². The number of carbonyl (C=O) groups is 2. The quantitative estimate of drug-likeness (QED) is 0.919. The van der Waals surface area contributed by atoms with Crippen LogP contribution in [0, 0.1) is 6.92 Å². The van der Waals surface area contributed by atoms with Gasteiger partial charge in [0.05, 0.1) is 0 Å². The average molecular weight is 341 g/mol. The lowest BCUT2D eigenvalue weighted by atomic mass is 10.1. The topological polar surface area (TPSA) is 49.4 Å². The molecule has 0 heterocycles. The number of aryl methyl sites for hydroxylation is 1. The van der Waals surface area contributed by atoms with Gasteiger partial charge in [-0.25, -0.2) is 0 Å². The van der Waals surface area contributed by atoms with Gasteiger partial charge in [0.15, 0.2) is 0 Å². The highest BCUT2D eigenvalue weighted by molar-refractivity contribution is 9.10. The molecule has 0 aromatic heterocycles. The summed E-state index contributed by atoms with van der Waals surface area (Å²) in [6.45, 7) is 9.17. The van der Waals surface area contributed by atoms with Crippen LogP contribution in [0.15, 0.2) is 22.7 Å². The Bertz CT molecular complexity index is 521. The SMILES string of the molecule is CC(=O)N(CC(=O)NC(C)(C)C)c1ccc(C)c(Br)c1. The summed E-state index contributed by atoms with van der Waals surface area (Å²) < 4.78 is 0.914. The van der Waals surface area contributed by atoms with Crippen LogP contribution in [0.3, 0.4) is 0 Å². The van der Waals surface area contributed by atoms with E-state index in [1.807, 2.05) is 45.9 Å². The Kier molecular flexibility index (Phi) is 5.34. The molecule has 0 radical (unpaired) electrons. The van der Waals surface area contributed by atoms with Crippen molar-refractivity contribution in [2.45, 2.75) is 40.2 Å². The fourth-order valence-corrected chi connectivity index (χ4v) is 2.10. The number of carbonyl (C=O) groups excluding carboxylic acids is 2. The highest BCUT2D eigenvalue weighted by Gasteiger charge is 2.19. The smallest absolute Gasteiger partial charge is 0.240 e. The summed E-state index contributed by atoms with van der Waals surface area (Å²) in [6.07, 6.45) is 0. The highest BCUT2D eigenvalue weighted by Crippen LogP contribution is 2.23. The van der Waals surface area contributed by atoms with Crippen LogP contribution in [-0.4, -0.2) is 23.9 Å². The molecule has 0 saturated carbocycles. The summed E-state index contributed by atoms with van der Waals surface area (Å²) >= 11 is 3.44. The molecule has 0 aliphatic rings. The first-order valence-electron chi connectivity index (χ1n) is 6.45. The third kappa shape index (κ3) is 4.96. The van der Waals surface area contributed by atoms with E-state index < -0.39 is 0 Å². The zero-order valence-corrected chi connectivity index (χ0v) is 14.2. The van der Waals surface area contributed by atoms with Crippen molar-refractivity contribution in [1.29, 1.82) is 0 Å². The molecule has 1 rings (SSSR count). The van der Waals surface area contributed by atoms with Crippen LogP contribution >= 0.6 is 15.9 Å². The number of nitrogens with one attached hydrogen (secondary N) is 1. The number of anilines is 1. The molecule has 0 atom stereocenters. The summed E-state index contributed by atoms with van der Waals surface area (Å²) in [6, 6.07) is 5.60. The largest absolute Gasteiger partial charge is 0.350 e. The molecule has 110 valence electrons. The van der Waals surface area contributed by atoms with E-state index in [1.54, 1.807) is 0 Å². The molecular formula is C15H21BrN2O2. The second kappa shape index (κ2) is 6.39. The molecule has 0 unspecified atom stereocenters. The normalized spacial score (nSPS) is 11.1. The van der Waals surface area contributed by atoms with Gasteiger partial charge in [-0.2, -0.15) is 0 Å². The minimum atomic E-state index is -0.312. The minimum absolute atomic E-state index is 0.0160. The van der Waals surface area contributed by atoms with E-state index in [0.29, 0.717) is 5.69 Å². The van der Waals surface area contributed by atoms with Crippen LogP contribution in [-0.2, 0) is 9.59 Å². The van der Waals surface area contributed by atoms with Crippen molar-refractivity contribution in [3.8, 4) is 0 Å². The zero-order chi connectivity index (χ0) is 15.5. The second-order valence-electron chi connectivity index (χ2n) is 5.84. The number of nitrogens with zero attached hydrogens (tertiary/aromatic N) is 1. The lowest BCUT2D eigenvalue weighted by molar-refractivity contribution is -0.124. The molecule has 0 spiro atoms. The van der Waals surface area contributed by atoms with Crippen molar-refractivity contribution >= 4 is 33.4 Å². The summed E-state index contributed by atoms with van der Waals surface area (Å²) in [4.78, 5) is 25.2. The molecule has 0 fully saturated rings. The van der Waals surface area contributed by atoms with Gasteiger partial charge in [0.1, 0.15) is 6.54 Å². The lowest BCUT2D eigenvalue weighted by Crippen LogP contribution is -2.47. The van der Waals surface area contributed by atoms with Gasteiger partial charge in [0.2, 0.25) is 11.8 Å². The standard InChI is InChI=1S/C15H21BrN2O2/c1-10-6-7-12(8-13(10)16)18(11(2)19)9-14(20)17-15(3,4)5/h6-8H,9H2,1-5H3,(H,17,20). The number of benzene rings is 1. The molecule has 1 aromatic rings. The van der Waals surface area contributed by atoms with E-state index in [0.717, 1.165) is 10.0 Å². The fourth-order valence-electron chi connectivity index (χ4n) is 1.74. The third-order valence-electron chi connectivity index (χ3n) is 2.66. The first-order valence-corrected chi connectivity index (χ1v) is 7.25. The number of hydrogen-bond acceptors (Lipinski definition) is 2. The Hall–Kier alpha value is -1.36. The van der Waals surface area contributed by atoms with Crippen LogP contribution in [0.5, 0.6) is 0 Å². The Morgan fingerprint density at radius 2 is 1.90 bits per heavy atom. The maximum absolute atomic E-state index is 12.0. The maximum Gasteiger partial charge on any atom is 0.240 e. The van der Waals surface area contributed by atoms with Crippen molar-refractivity contribution in [1.82, 2.24) is 5.32 Å². The molecule has 5 heteroatoms. The van der Waals surface area contributed by atoms with Crippen LogP contribution in [0.1, 0.15) is 33.3 Å². The summed E-state index contributed by atoms with van der Waals surface area (Å²) in [5.41, 5.74) is 1.48. The Balaban J connectivity index is 2.92. The molecular weight excluding hydrogens is 320 g/mol. The van der Waals surface area contributed by atoms with Crippen LogP contribution in [0.4, 0.5) is 5.69 Å². The van der Waals surface area contributed by atoms with E-state index >= 15 is 0 Å².